The van der Waals surface area contributed by atoms with Crippen molar-refractivity contribution in [3.8, 4) is 0 Å². The fourth-order valence-electron chi connectivity index (χ4n) is 0.203. The van der Waals surface area contributed by atoms with Crippen molar-refractivity contribution in [1.82, 2.24) is 4.90 Å². The number of carbonyl (C=O) groups excluding carboxylic acids is 2. The van der Waals surface area contributed by atoms with Crippen LogP contribution in [0.4, 0.5) is 0 Å². The number of nitrogens with zero attached hydrogens (tertiary/aromatic N) is 1. The summed E-state index contributed by atoms with van der Waals surface area (Å²) in [6.45, 7) is -0.116. The maximum absolute atomic E-state index is 10.3. The van der Waals surface area contributed by atoms with Gasteiger partial charge in [0.05, 0.1) is 6.54 Å². The lowest BCUT2D eigenvalue weighted by Crippen LogP contribution is -2.31. The third kappa shape index (κ3) is 1.70. The Bertz CT molecular complexity index is 102. The van der Waals surface area contributed by atoms with E-state index in [9.17, 15) is 9.59 Å². The summed E-state index contributed by atoms with van der Waals surface area (Å²) in [5.74, 6) is -0.375. The van der Waals surface area contributed by atoms with Crippen LogP contribution in [0.15, 0.2) is 0 Å². The predicted octanol–water partition coefficient (Wildman–Crippen LogP) is -1.44. The Kier molecular flexibility index (Phi) is 2.79. The van der Waals surface area contributed by atoms with Gasteiger partial charge in [-0.1, -0.05) is 0 Å². The molecular formula is C4H8N2O2. The van der Waals surface area contributed by atoms with Gasteiger partial charge in [0.1, 0.15) is 0 Å². The summed E-state index contributed by atoms with van der Waals surface area (Å²) in [4.78, 5) is 21.0. The fraction of sp³-hybridized carbons (Fsp3) is 0.500. The lowest BCUT2D eigenvalue weighted by molar-refractivity contribution is -0.135. The van der Waals surface area contributed by atoms with Gasteiger partial charge in [-0.25, -0.2) is 0 Å². The molecule has 4 heteroatoms. The van der Waals surface area contributed by atoms with E-state index >= 15 is 0 Å². The molecule has 0 aromatic carbocycles. The van der Waals surface area contributed by atoms with Gasteiger partial charge >= 0.3 is 0 Å². The molecule has 0 fully saturated rings. The average Bonchev–Trinajstić information content (AvgIpc) is 1.84. The molecule has 46 valence electrons. The first-order valence-corrected chi connectivity index (χ1v) is 2.13. The lowest BCUT2D eigenvalue weighted by Gasteiger charge is -2.03. The Morgan fingerprint density at radius 1 is 1.88 bits per heavy atom. The maximum Gasteiger partial charge on any atom is 0.242 e. The average molecular weight is 116 g/mol. The van der Waals surface area contributed by atoms with Crippen LogP contribution in [-0.2, 0) is 9.59 Å². The number of amides is 2. The van der Waals surface area contributed by atoms with Crippen molar-refractivity contribution in [2.24, 2.45) is 5.73 Å². The molecular weight excluding hydrogens is 108 g/mol. The molecule has 0 aliphatic heterocycles. The number of hydrogen-bond donors (Lipinski definition) is 1. The minimum absolute atomic E-state index is 0.116. The molecule has 0 saturated carbocycles. The molecule has 0 unspecified atom stereocenters. The van der Waals surface area contributed by atoms with E-state index < -0.39 is 0 Å². The Hall–Kier alpha value is -0.900. The first kappa shape index (κ1) is 7.10. The van der Waals surface area contributed by atoms with E-state index in [2.05, 4.69) is 0 Å². The molecule has 0 saturated heterocycles. The van der Waals surface area contributed by atoms with Gasteiger partial charge in [0.2, 0.25) is 12.3 Å². The van der Waals surface area contributed by atoms with Crippen molar-refractivity contribution in [3.63, 3.8) is 0 Å². The molecule has 2 N–H and O–H groups in total. The van der Waals surface area contributed by atoms with E-state index in [1.807, 2.05) is 0 Å². The zero-order valence-corrected chi connectivity index (χ0v) is 4.63. The molecule has 2 amide bonds. The summed E-state index contributed by atoms with van der Waals surface area (Å²) in [6.07, 6.45) is 0.426. The standard InChI is InChI=1S/C4H8N2O2/c1-6(3-7)4(8)2-5/h3H,2,5H2,1H3. The summed E-state index contributed by atoms with van der Waals surface area (Å²) in [5.41, 5.74) is 4.90. The van der Waals surface area contributed by atoms with Crippen LogP contribution in [0.5, 0.6) is 0 Å². The molecule has 0 aliphatic rings. The van der Waals surface area contributed by atoms with Crippen molar-refractivity contribution in [1.29, 1.82) is 0 Å². The van der Waals surface area contributed by atoms with E-state index in [1.54, 1.807) is 0 Å². The Morgan fingerprint density at radius 2 is 2.38 bits per heavy atom. The van der Waals surface area contributed by atoms with Crippen LogP contribution >= 0.6 is 0 Å². The normalized spacial score (nSPS) is 8.25. The minimum Gasteiger partial charge on any atom is -0.322 e. The third-order valence-electron chi connectivity index (χ3n) is 0.726. The van der Waals surface area contributed by atoms with Gasteiger partial charge in [-0.15, -0.1) is 0 Å². The van der Waals surface area contributed by atoms with Gasteiger partial charge in [0.15, 0.2) is 0 Å². The predicted molar refractivity (Wildman–Crippen MR) is 27.9 cm³/mol. The molecule has 0 aliphatic carbocycles. The molecule has 0 spiro atoms. The lowest BCUT2D eigenvalue weighted by atomic mass is 10.6. The second kappa shape index (κ2) is 3.15. The Morgan fingerprint density at radius 3 is 2.50 bits per heavy atom. The molecule has 0 aromatic heterocycles. The maximum atomic E-state index is 10.3. The zero-order chi connectivity index (χ0) is 6.57. The van der Waals surface area contributed by atoms with E-state index in [-0.39, 0.29) is 12.5 Å². The molecule has 0 aromatic rings. The molecule has 8 heavy (non-hydrogen) atoms. The van der Waals surface area contributed by atoms with Gasteiger partial charge in [-0.05, 0) is 0 Å². The Labute approximate surface area is 47.3 Å². The highest BCUT2D eigenvalue weighted by atomic mass is 16.2. The zero-order valence-electron chi connectivity index (χ0n) is 4.63. The van der Waals surface area contributed by atoms with Crippen LogP contribution in [0.25, 0.3) is 0 Å². The number of nitrogens with two attached hydrogens (primary N) is 1. The van der Waals surface area contributed by atoms with Crippen molar-refractivity contribution >= 4 is 12.3 Å². The van der Waals surface area contributed by atoms with Gasteiger partial charge in [-0.2, -0.15) is 0 Å². The second-order valence-corrected chi connectivity index (χ2v) is 1.31. The second-order valence-electron chi connectivity index (χ2n) is 1.31. The van der Waals surface area contributed by atoms with Crippen molar-refractivity contribution in [3.05, 3.63) is 0 Å². The van der Waals surface area contributed by atoms with Crippen LogP contribution in [0.2, 0.25) is 0 Å². The van der Waals surface area contributed by atoms with E-state index in [0.717, 1.165) is 4.90 Å². The van der Waals surface area contributed by atoms with Crippen molar-refractivity contribution in [2.75, 3.05) is 13.6 Å². The summed E-state index contributed by atoms with van der Waals surface area (Å²) in [6, 6.07) is 0. The van der Waals surface area contributed by atoms with Crippen LogP contribution in [0.3, 0.4) is 0 Å². The largest absolute Gasteiger partial charge is 0.322 e. The summed E-state index contributed by atoms with van der Waals surface area (Å²) in [7, 11) is 1.36. The molecule has 4 nitrogen and oxygen atoms in total. The summed E-state index contributed by atoms with van der Waals surface area (Å²) < 4.78 is 0. The first-order valence-electron chi connectivity index (χ1n) is 2.13. The van der Waals surface area contributed by atoms with E-state index in [4.69, 9.17) is 5.73 Å². The fourth-order valence-corrected chi connectivity index (χ4v) is 0.203. The Balaban J connectivity index is 3.62. The van der Waals surface area contributed by atoms with Crippen LogP contribution in [0, 0.1) is 0 Å². The van der Waals surface area contributed by atoms with E-state index in [1.165, 1.54) is 7.05 Å². The monoisotopic (exact) mass is 116 g/mol. The topological polar surface area (TPSA) is 63.4 Å². The quantitative estimate of drug-likeness (QED) is 0.449. The highest BCUT2D eigenvalue weighted by Gasteiger charge is 2.00. The molecule has 0 bridgehead atoms. The highest BCUT2D eigenvalue weighted by Crippen LogP contribution is 1.72. The summed E-state index contributed by atoms with van der Waals surface area (Å²) >= 11 is 0. The van der Waals surface area contributed by atoms with Crippen LogP contribution in [-0.4, -0.2) is 30.8 Å². The first-order chi connectivity index (χ1) is 3.72. The van der Waals surface area contributed by atoms with Crippen molar-refractivity contribution < 1.29 is 9.59 Å². The summed E-state index contributed by atoms with van der Waals surface area (Å²) in [5, 5.41) is 0. The van der Waals surface area contributed by atoms with Gasteiger partial charge in [-0.3, -0.25) is 14.5 Å². The van der Waals surface area contributed by atoms with Crippen LogP contribution < -0.4 is 5.73 Å². The number of imide groups is 1. The number of likely N-dealkylation sites (N-methyl/N-ethyl adjacent to an activating group) is 1. The highest BCUT2D eigenvalue weighted by molar-refractivity contribution is 5.86. The molecule has 0 heterocycles. The van der Waals surface area contributed by atoms with Crippen molar-refractivity contribution in [2.45, 2.75) is 0 Å². The number of rotatable bonds is 2. The third-order valence-corrected chi connectivity index (χ3v) is 0.726. The molecule has 0 rings (SSSR count). The van der Waals surface area contributed by atoms with Gasteiger partial charge < -0.3 is 5.73 Å². The molecule has 0 atom stereocenters. The minimum atomic E-state index is -0.375. The smallest absolute Gasteiger partial charge is 0.242 e. The molecule has 0 radical (unpaired) electrons. The van der Waals surface area contributed by atoms with Gasteiger partial charge in [0.25, 0.3) is 0 Å². The van der Waals surface area contributed by atoms with E-state index in [0.29, 0.717) is 6.41 Å². The van der Waals surface area contributed by atoms with Crippen LogP contribution in [0.1, 0.15) is 0 Å². The number of carbonyl (C=O) groups is 2. The number of hydrogen-bond acceptors (Lipinski definition) is 3. The van der Waals surface area contributed by atoms with Gasteiger partial charge in [0, 0.05) is 7.05 Å². The SMILES string of the molecule is CN(C=O)C(=O)CN.